The van der Waals surface area contributed by atoms with Crippen molar-refractivity contribution in [2.45, 2.75) is 13.5 Å². The molecule has 10 nitrogen and oxygen atoms in total. The Balaban J connectivity index is 1.45. The zero-order valence-electron chi connectivity index (χ0n) is 17.9. The number of nitrogens with zero attached hydrogens (tertiary/aromatic N) is 5. The molecule has 1 aliphatic rings. The quantitative estimate of drug-likeness (QED) is 0.485. The summed E-state index contributed by atoms with van der Waals surface area (Å²) in [5, 5.41) is 13.6. The average Bonchev–Trinajstić information content (AvgIpc) is 3.08. The van der Waals surface area contributed by atoms with Gasteiger partial charge in [0.05, 0.1) is 22.5 Å². The molecule has 1 aromatic heterocycles. The third kappa shape index (κ3) is 4.45. The number of non-ortho nitro benzene ring substituents is 1. The number of nitro groups is 1. The highest BCUT2D eigenvalue weighted by atomic mass is 16.6. The van der Waals surface area contributed by atoms with E-state index in [2.05, 4.69) is 10.2 Å². The third-order valence-electron chi connectivity index (χ3n) is 5.75. The second-order valence-corrected chi connectivity index (χ2v) is 7.83. The van der Waals surface area contributed by atoms with Crippen LogP contribution in [0.25, 0.3) is 11.0 Å². The maximum atomic E-state index is 12.5. The SMILES string of the molecule is CC(=O)N1CCN(Cc2nc3cc(NC(=O)c4ccc([N+](=O)[O-])cc4)ccc3n2C)CC1. The number of aryl methyl sites for hydroxylation is 1. The standard InChI is InChI=1S/C22H24N6O4/c1-15(29)27-11-9-26(10-12-27)14-21-24-19-13-17(5-8-20(19)25(21)2)23-22(30)16-3-6-18(7-4-16)28(31)32/h3-8,13H,9-12,14H2,1-2H3,(H,23,30). The normalized spacial score (nSPS) is 14.5. The third-order valence-corrected chi connectivity index (χ3v) is 5.75. The molecule has 1 fully saturated rings. The first kappa shape index (κ1) is 21.4. The molecule has 0 bridgehead atoms. The molecule has 32 heavy (non-hydrogen) atoms. The molecule has 10 heteroatoms. The lowest BCUT2D eigenvalue weighted by Crippen LogP contribution is -2.47. The van der Waals surface area contributed by atoms with E-state index in [-0.39, 0.29) is 17.5 Å². The van der Waals surface area contributed by atoms with E-state index in [1.165, 1.54) is 24.3 Å². The van der Waals surface area contributed by atoms with Crippen molar-refractivity contribution in [3.8, 4) is 0 Å². The topological polar surface area (TPSA) is 114 Å². The van der Waals surface area contributed by atoms with Gasteiger partial charge in [0.25, 0.3) is 11.6 Å². The van der Waals surface area contributed by atoms with E-state index in [4.69, 9.17) is 4.98 Å². The van der Waals surface area contributed by atoms with Gasteiger partial charge < -0.3 is 14.8 Å². The molecular weight excluding hydrogens is 412 g/mol. The molecule has 0 radical (unpaired) electrons. The van der Waals surface area contributed by atoms with Crippen LogP contribution in [0.1, 0.15) is 23.1 Å². The number of benzene rings is 2. The summed E-state index contributed by atoms with van der Waals surface area (Å²) in [6.45, 7) is 5.33. The molecule has 1 aliphatic heterocycles. The maximum Gasteiger partial charge on any atom is 0.269 e. The Morgan fingerprint density at radius 3 is 2.41 bits per heavy atom. The monoisotopic (exact) mass is 436 g/mol. The Morgan fingerprint density at radius 2 is 1.78 bits per heavy atom. The van der Waals surface area contributed by atoms with Gasteiger partial charge in [-0.15, -0.1) is 0 Å². The first-order chi connectivity index (χ1) is 15.3. The van der Waals surface area contributed by atoms with Crippen molar-refractivity contribution in [1.29, 1.82) is 0 Å². The minimum atomic E-state index is -0.502. The molecular formula is C22H24N6O4. The van der Waals surface area contributed by atoms with E-state index in [0.717, 1.165) is 43.0 Å². The number of fused-ring (bicyclic) bond motifs is 1. The molecule has 4 rings (SSSR count). The molecule has 2 heterocycles. The van der Waals surface area contributed by atoms with Crippen LogP contribution in [0.5, 0.6) is 0 Å². The molecule has 0 saturated carbocycles. The summed E-state index contributed by atoms with van der Waals surface area (Å²) < 4.78 is 2.04. The second-order valence-electron chi connectivity index (χ2n) is 7.83. The molecule has 0 unspecified atom stereocenters. The van der Waals surface area contributed by atoms with Crippen molar-refractivity contribution in [3.63, 3.8) is 0 Å². The summed E-state index contributed by atoms with van der Waals surface area (Å²) in [4.78, 5) is 43.2. The first-order valence-corrected chi connectivity index (χ1v) is 10.3. The van der Waals surface area contributed by atoms with Crippen LogP contribution in [-0.2, 0) is 18.4 Å². The Bertz CT molecular complexity index is 1180. The van der Waals surface area contributed by atoms with Gasteiger partial charge in [0, 0.05) is 63.5 Å². The largest absolute Gasteiger partial charge is 0.340 e. The van der Waals surface area contributed by atoms with E-state index in [0.29, 0.717) is 17.8 Å². The second kappa shape index (κ2) is 8.75. The highest BCUT2D eigenvalue weighted by molar-refractivity contribution is 6.05. The highest BCUT2D eigenvalue weighted by Crippen LogP contribution is 2.22. The lowest BCUT2D eigenvalue weighted by atomic mass is 10.2. The molecule has 2 amide bonds. The molecule has 0 atom stereocenters. The van der Waals surface area contributed by atoms with Gasteiger partial charge in [0.1, 0.15) is 5.82 Å². The first-order valence-electron chi connectivity index (χ1n) is 10.3. The van der Waals surface area contributed by atoms with Crippen molar-refractivity contribution in [1.82, 2.24) is 19.4 Å². The van der Waals surface area contributed by atoms with Gasteiger partial charge in [-0.2, -0.15) is 0 Å². The van der Waals surface area contributed by atoms with Crippen molar-refractivity contribution in [2.24, 2.45) is 7.05 Å². The van der Waals surface area contributed by atoms with E-state index in [1.807, 2.05) is 34.7 Å². The molecule has 2 aromatic carbocycles. The molecule has 0 aliphatic carbocycles. The fraction of sp³-hybridized carbons (Fsp3) is 0.318. The fourth-order valence-electron chi connectivity index (χ4n) is 3.83. The summed E-state index contributed by atoms with van der Waals surface area (Å²) in [6, 6.07) is 11.0. The van der Waals surface area contributed by atoms with Gasteiger partial charge in [-0.1, -0.05) is 0 Å². The van der Waals surface area contributed by atoms with Gasteiger partial charge in [-0.3, -0.25) is 24.6 Å². The summed E-state index contributed by atoms with van der Waals surface area (Å²) in [6.07, 6.45) is 0. The average molecular weight is 436 g/mol. The van der Waals surface area contributed by atoms with E-state index in [1.54, 1.807) is 6.92 Å². The van der Waals surface area contributed by atoms with Crippen molar-refractivity contribution < 1.29 is 14.5 Å². The van der Waals surface area contributed by atoms with Crippen LogP contribution in [0.15, 0.2) is 42.5 Å². The Hall–Kier alpha value is -3.79. The zero-order chi connectivity index (χ0) is 22.8. The molecule has 3 aromatic rings. The number of imidazole rings is 1. The number of piperazine rings is 1. The van der Waals surface area contributed by atoms with Gasteiger partial charge in [-0.25, -0.2) is 4.98 Å². The number of anilines is 1. The minimum absolute atomic E-state index is 0.0632. The van der Waals surface area contributed by atoms with Crippen molar-refractivity contribution >= 4 is 34.2 Å². The van der Waals surface area contributed by atoms with Gasteiger partial charge in [0.2, 0.25) is 5.91 Å². The van der Waals surface area contributed by atoms with Gasteiger partial charge in [-0.05, 0) is 30.3 Å². The maximum absolute atomic E-state index is 12.5. The number of nitrogens with one attached hydrogen (secondary N) is 1. The smallest absolute Gasteiger partial charge is 0.269 e. The van der Waals surface area contributed by atoms with Crippen LogP contribution in [0, 0.1) is 10.1 Å². The molecule has 166 valence electrons. The van der Waals surface area contributed by atoms with Crippen LogP contribution in [0.2, 0.25) is 0 Å². The Kier molecular flexibility index (Phi) is 5.87. The van der Waals surface area contributed by atoms with Crippen LogP contribution in [0.3, 0.4) is 0 Å². The summed E-state index contributed by atoms with van der Waals surface area (Å²) in [5.74, 6) is 0.671. The number of amides is 2. The zero-order valence-corrected chi connectivity index (χ0v) is 17.9. The Labute approximate surface area is 184 Å². The number of carbonyl (C=O) groups excluding carboxylic acids is 2. The number of hydrogen-bond donors (Lipinski definition) is 1. The number of rotatable bonds is 5. The van der Waals surface area contributed by atoms with Crippen LogP contribution >= 0.6 is 0 Å². The van der Waals surface area contributed by atoms with E-state index < -0.39 is 4.92 Å². The van der Waals surface area contributed by atoms with Crippen molar-refractivity contribution in [2.75, 3.05) is 31.5 Å². The Morgan fingerprint density at radius 1 is 1.09 bits per heavy atom. The summed E-state index contributed by atoms with van der Waals surface area (Å²) in [7, 11) is 1.96. The minimum Gasteiger partial charge on any atom is -0.340 e. The van der Waals surface area contributed by atoms with Crippen molar-refractivity contribution in [3.05, 3.63) is 64.0 Å². The summed E-state index contributed by atoms with van der Waals surface area (Å²) in [5.41, 5.74) is 2.59. The lowest BCUT2D eigenvalue weighted by Gasteiger charge is -2.33. The number of aromatic nitrogens is 2. The van der Waals surface area contributed by atoms with E-state index in [9.17, 15) is 19.7 Å². The predicted molar refractivity (Wildman–Crippen MR) is 119 cm³/mol. The van der Waals surface area contributed by atoms with E-state index >= 15 is 0 Å². The molecule has 1 N–H and O–H groups in total. The number of nitro benzene ring substituents is 1. The van der Waals surface area contributed by atoms with Gasteiger partial charge in [0.15, 0.2) is 0 Å². The van der Waals surface area contributed by atoms with Crippen LogP contribution in [-0.4, -0.2) is 62.3 Å². The van der Waals surface area contributed by atoms with Gasteiger partial charge >= 0.3 is 0 Å². The van der Waals surface area contributed by atoms with Crippen LogP contribution in [0.4, 0.5) is 11.4 Å². The molecule has 0 spiro atoms. The predicted octanol–water partition coefficient (Wildman–Crippen LogP) is 2.40. The number of hydrogen-bond acceptors (Lipinski definition) is 6. The fourth-order valence-corrected chi connectivity index (χ4v) is 3.83. The molecule has 1 saturated heterocycles. The van der Waals surface area contributed by atoms with Crippen LogP contribution < -0.4 is 5.32 Å². The summed E-state index contributed by atoms with van der Waals surface area (Å²) >= 11 is 0. The highest BCUT2D eigenvalue weighted by Gasteiger charge is 2.20. The lowest BCUT2D eigenvalue weighted by molar-refractivity contribution is -0.384. The number of carbonyl (C=O) groups is 2.